The SMILES string of the molecule is C[C@@H]1CN(C(=O)c2ccc(F)c(COCC3CC3)c2)C[C@H](C)N1. The predicted molar refractivity (Wildman–Crippen MR) is 86.7 cm³/mol. The maximum atomic E-state index is 13.9. The van der Waals surface area contributed by atoms with Gasteiger partial charge in [0.25, 0.3) is 5.91 Å². The smallest absolute Gasteiger partial charge is 0.253 e. The largest absolute Gasteiger partial charge is 0.376 e. The van der Waals surface area contributed by atoms with Gasteiger partial charge in [-0.15, -0.1) is 0 Å². The minimum absolute atomic E-state index is 0.0337. The van der Waals surface area contributed by atoms with Crippen molar-refractivity contribution in [3.05, 3.63) is 35.1 Å². The molecule has 2 atom stereocenters. The highest BCUT2D eigenvalue weighted by Gasteiger charge is 2.26. The lowest BCUT2D eigenvalue weighted by Crippen LogP contribution is -2.55. The van der Waals surface area contributed by atoms with Crippen LogP contribution in [-0.4, -0.2) is 42.6 Å². The van der Waals surface area contributed by atoms with Crippen molar-refractivity contribution in [2.24, 2.45) is 5.92 Å². The van der Waals surface area contributed by atoms with Gasteiger partial charge in [0.05, 0.1) is 6.61 Å². The number of benzene rings is 1. The van der Waals surface area contributed by atoms with E-state index in [-0.39, 0.29) is 30.4 Å². The molecule has 4 nitrogen and oxygen atoms in total. The number of carbonyl (C=O) groups excluding carboxylic acids is 1. The zero-order chi connectivity index (χ0) is 16.4. The first-order chi connectivity index (χ1) is 11.0. The Bertz CT molecular complexity index is 564. The molecule has 2 aliphatic rings. The zero-order valence-corrected chi connectivity index (χ0v) is 13.8. The van der Waals surface area contributed by atoms with Crippen molar-refractivity contribution >= 4 is 5.91 Å². The van der Waals surface area contributed by atoms with Gasteiger partial charge in [-0.1, -0.05) is 0 Å². The molecule has 0 unspecified atom stereocenters. The average molecular weight is 320 g/mol. The second-order valence-electron chi connectivity index (χ2n) is 6.94. The summed E-state index contributed by atoms with van der Waals surface area (Å²) in [5.74, 6) is 0.305. The van der Waals surface area contributed by atoms with Crippen LogP contribution in [0.2, 0.25) is 0 Å². The fourth-order valence-corrected chi connectivity index (χ4v) is 3.11. The molecule has 1 N–H and O–H groups in total. The van der Waals surface area contributed by atoms with Crippen LogP contribution in [0.3, 0.4) is 0 Å². The summed E-state index contributed by atoms with van der Waals surface area (Å²) in [6, 6.07) is 5.12. The van der Waals surface area contributed by atoms with Crippen molar-refractivity contribution in [3.63, 3.8) is 0 Å². The van der Waals surface area contributed by atoms with Crippen molar-refractivity contribution in [3.8, 4) is 0 Å². The molecule has 2 fully saturated rings. The van der Waals surface area contributed by atoms with Gasteiger partial charge in [-0.2, -0.15) is 0 Å². The number of amides is 1. The molecular weight excluding hydrogens is 295 g/mol. The summed E-state index contributed by atoms with van der Waals surface area (Å²) in [4.78, 5) is 14.5. The van der Waals surface area contributed by atoms with Gasteiger partial charge < -0.3 is 15.0 Å². The van der Waals surface area contributed by atoms with E-state index in [1.807, 2.05) is 4.90 Å². The van der Waals surface area contributed by atoms with Crippen LogP contribution in [0, 0.1) is 11.7 Å². The lowest BCUT2D eigenvalue weighted by Gasteiger charge is -2.36. The highest BCUT2D eigenvalue weighted by molar-refractivity contribution is 5.94. The van der Waals surface area contributed by atoms with Crippen LogP contribution in [0.5, 0.6) is 0 Å². The molecule has 1 aliphatic carbocycles. The Balaban J connectivity index is 1.67. The van der Waals surface area contributed by atoms with E-state index in [1.165, 1.54) is 18.9 Å². The zero-order valence-electron chi connectivity index (χ0n) is 13.8. The Labute approximate surface area is 137 Å². The van der Waals surface area contributed by atoms with Crippen molar-refractivity contribution in [2.45, 2.75) is 45.4 Å². The van der Waals surface area contributed by atoms with Crippen LogP contribution >= 0.6 is 0 Å². The molecule has 3 rings (SSSR count). The van der Waals surface area contributed by atoms with Gasteiger partial charge in [0.15, 0.2) is 0 Å². The number of hydrogen-bond donors (Lipinski definition) is 1. The Morgan fingerprint density at radius 1 is 1.30 bits per heavy atom. The standard InChI is InChI=1S/C18H25FN2O2/c1-12-8-21(9-13(2)20-12)18(22)15-5-6-17(19)16(7-15)11-23-10-14-3-4-14/h5-7,12-14,20H,3-4,8-11H2,1-2H3/t12-,13+. The van der Waals surface area contributed by atoms with Crippen molar-refractivity contribution in [2.75, 3.05) is 19.7 Å². The lowest BCUT2D eigenvalue weighted by molar-refractivity contribution is 0.0673. The van der Waals surface area contributed by atoms with Gasteiger partial charge in [0, 0.05) is 42.9 Å². The van der Waals surface area contributed by atoms with Gasteiger partial charge >= 0.3 is 0 Å². The van der Waals surface area contributed by atoms with Crippen LogP contribution in [0.25, 0.3) is 0 Å². The third kappa shape index (κ3) is 4.30. The monoisotopic (exact) mass is 320 g/mol. The number of carbonyl (C=O) groups is 1. The van der Waals surface area contributed by atoms with E-state index in [4.69, 9.17) is 4.74 Å². The molecule has 1 aromatic rings. The summed E-state index contributed by atoms with van der Waals surface area (Å²) in [5.41, 5.74) is 1.01. The van der Waals surface area contributed by atoms with Crippen molar-refractivity contribution in [1.82, 2.24) is 10.2 Å². The number of nitrogens with zero attached hydrogens (tertiary/aromatic N) is 1. The summed E-state index contributed by atoms with van der Waals surface area (Å²) >= 11 is 0. The van der Waals surface area contributed by atoms with Crippen LogP contribution in [0.15, 0.2) is 18.2 Å². The average Bonchev–Trinajstić information content (AvgIpc) is 3.31. The number of piperazine rings is 1. The van der Waals surface area contributed by atoms with Crippen molar-refractivity contribution < 1.29 is 13.9 Å². The minimum atomic E-state index is -0.306. The maximum absolute atomic E-state index is 13.9. The summed E-state index contributed by atoms with van der Waals surface area (Å²) in [7, 11) is 0. The molecule has 0 radical (unpaired) electrons. The first-order valence-electron chi connectivity index (χ1n) is 8.44. The van der Waals surface area contributed by atoms with Gasteiger partial charge in [-0.05, 0) is 50.8 Å². The molecule has 5 heteroatoms. The third-order valence-corrected chi connectivity index (χ3v) is 4.45. The second-order valence-corrected chi connectivity index (χ2v) is 6.94. The molecule has 0 bridgehead atoms. The van der Waals surface area contributed by atoms with E-state index in [9.17, 15) is 9.18 Å². The van der Waals surface area contributed by atoms with Crippen molar-refractivity contribution in [1.29, 1.82) is 0 Å². The number of rotatable bonds is 5. The molecule has 1 saturated heterocycles. The molecule has 1 saturated carbocycles. The minimum Gasteiger partial charge on any atom is -0.376 e. The Kier molecular flexibility index (Phi) is 4.97. The molecule has 23 heavy (non-hydrogen) atoms. The van der Waals surface area contributed by atoms with E-state index in [2.05, 4.69) is 19.2 Å². The number of hydrogen-bond acceptors (Lipinski definition) is 3. The van der Waals surface area contributed by atoms with Gasteiger partial charge in [-0.25, -0.2) is 4.39 Å². The molecule has 126 valence electrons. The maximum Gasteiger partial charge on any atom is 0.253 e. The molecule has 0 spiro atoms. The Hall–Kier alpha value is -1.46. The summed E-state index contributed by atoms with van der Waals surface area (Å²) < 4.78 is 19.5. The van der Waals surface area contributed by atoms with E-state index in [0.717, 1.165) is 0 Å². The number of nitrogens with one attached hydrogen (secondary N) is 1. The van der Waals surface area contributed by atoms with E-state index >= 15 is 0 Å². The van der Waals surface area contributed by atoms with Gasteiger partial charge in [-0.3, -0.25) is 4.79 Å². The van der Waals surface area contributed by atoms with Crippen LogP contribution in [0.4, 0.5) is 4.39 Å². The number of halogens is 1. The molecule has 1 aliphatic heterocycles. The number of ether oxygens (including phenoxy) is 1. The molecular formula is C18H25FN2O2. The normalized spacial score (nSPS) is 24.7. The first kappa shape index (κ1) is 16.4. The quantitative estimate of drug-likeness (QED) is 0.906. The van der Waals surface area contributed by atoms with Crippen LogP contribution in [-0.2, 0) is 11.3 Å². The fourth-order valence-electron chi connectivity index (χ4n) is 3.11. The molecule has 1 aromatic carbocycles. The molecule has 1 heterocycles. The third-order valence-electron chi connectivity index (χ3n) is 4.45. The van der Waals surface area contributed by atoms with Gasteiger partial charge in [0.1, 0.15) is 5.82 Å². The Morgan fingerprint density at radius 2 is 2.00 bits per heavy atom. The molecule has 1 amide bonds. The topological polar surface area (TPSA) is 41.6 Å². The fraction of sp³-hybridized carbons (Fsp3) is 0.611. The summed E-state index contributed by atoms with van der Waals surface area (Å²) in [6.45, 7) is 6.40. The predicted octanol–water partition coefficient (Wildman–Crippen LogP) is 2.57. The highest BCUT2D eigenvalue weighted by atomic mass is 19.1. The molecule has 0 aromatic heterocycles. The highest BCUT2D eigenvalue weighted by Crippen LogP contribution is 2.29. The second kappa shape index (κ2) is 6.97. The van der Waals surface area contributed by atoms with Crippen LogP contribution in [0.1, 0.15) is 42.6 Å². The van der Waals surface area contributed by atoms with E-state index in [0.29, 0.717) is 36.7 Å². The lowest BCUT2D eigenvalue weighted by atomic mass is 10.1. The van der Waals surface area contributed by atoms with E-state index in [1.54, 1.807) is 12.1 Å². The van der Waals surface area contributed by atoms with Gasteiger partial charge in [0.2, 0.25) is 0 Å². The Morgan fingerprint density at radius 3 is 2.65 bits per heavy atom. The summed E-state index contributed by atoms with van der Waals surface area (Å²) in [5, 5.41) is 3.41. The van der Waals surface area contributed by atoms with E-state index < -0.39 is 0 Å². The summed E-state index contributed by atoms with van der Waals surface area (Å²) in [6.07, 6.45) is 2.42. The van der Waals surface area contributed by atoms with Crippen LogP contribution < -0.4 is 5.32 Å². The first-order valence-corrected chi connectivity index (χ1v) is 8.44.